The van der Waals surface area contributed by atoms with Crippen molar-refractivity contribution in [1.82, 2.24) is 20.1 Å². The van der Waals surface area contributed by atoms with Crippen LogP contribution in [0.25, 0.3) is 0 Å². The number of rotatable bonds is 6. The van der Waals surface area contributed by atoms with Crippen LogP contribution in [0.15, 0.2) is 24.5 Å². The third-order valence-corrected chi connectivity index (χ3v) is 5.14. The second kappa shape index (κ2) is 9.85. The Hall–Kier alpha value is -1.50. The topological polar surface area (TPSA) is 57.7 Å². The summed E-state index contributed by atoms with van der Waals surface area (Å²) in [6.07, 6.45) is 8.64. The van der Waals surface area contributed by atoms with Crippen LogP contribution in [-0.2, 0) is 9.53 Å². The van der Waals surface area contributed by atoms with E-state index < -0.39 is 0 Å². The van der Waals surface area contributed by atoms with Gasteiger partial charge in [0.2, 0.25) is 5.91 Å². The molecule has 0 aromatic carbocycles. The zero-order valence-electron chi connectivity index (χ0n) is 15.0. The van der Waals surface area contributed by atoms with Gasteiger partial charge in [0.15, 0.2) is 0 Å². The highest BCUT2D eigenvalue weighted by Gasteiger charge is 2.23. The maximum Gasteiger partial charge on any atom is 0.234 e. The van der Waals surface area contributed by atoms with Gasteiger partial charge in [-0.15, -0.1) is 0 Å². The summed E-state index contributed by atoms with van der Waals surface area (Å²) in [5, 5.41) is 3.16. The minimum Gasteiger partial charge on any atom is -0.379 e. The van der Waals surface area contributed by atoms with E-state index in [-0.39, 0.29) is 11.9 Å². The highest BCUT2D eigenvalue weighted by atomic mass is 16.5. The number of carbonyl (C=O) groups excluding carboxylic acids is 1. The lowest BCUT2D eigenvalue weighted by Crippen LogP contribution is -2.45. The molecule has 2 fully saturated rings. The van der Waals surface area contributed by atoms with E-state index in [4.69, 9.17) is 4.74 Å². The number of nitrogens with zero attached hydrogens (tertiary/aromatic N) is 3. The first-order valence-electron chi connectivity index (χ1n) is 9.54. The van der Waals surface area contributed by atoms with Crippen LogP contribution < -0.4 is 5.32 Å². The van der Waals surface area contributed by atoms with Gasteiger partial charge in [0.1, 0.15) is 0 Å². The first-order valence-corrected chi connectivity index (χ1v) is 9.54. The van der Waals surface area contributed by atoms with Gasteiger partial charge in [-0.3, -0.25) is 19.6 Å². The summed E-state index contributed by atoms with van der Waals surface area (Å²) in [7, 11) is 0. The maximum atomic E-state index is 12.4. The van der Waals surface area contributed by atoms with Gasteiger partial charge in [0, 0.05) is 32.0 Å². The van der Waals surface area contributed by atoms with Crippen LogP contribution in [-0.4, -0.2) is 73.2 Å². The number of amides is 1. The van der Waals surface area contributed by atoms with Crippen LogP contribution in [0.3, 0.4) is 0 Å². The van der Waals surface area contributed by atoms with Crippen LogP contribution >= 0.6 is 0 Å². The molecule has 25 heavy (non-hydrogen) atoms. The maximum absolute atomic E-state index is 12.4. The summed E-state index contributed by atoms with van der Waals surface area (Å²) in [5.74, 6) is 0.134. The normalized spacial score (nSPS) is 21.4. The van der Waals surface area contributed by atoms with E-state index in [1.54, 1.807) is 0 Å². The zero-order chi connectivity index (χ0) is 17.3. The number of hydrogen-bond donors (Lipinski definition) is 1. The van der Waals surface area contributed by atoms with Gasteiger partial charge in [-0.2, -0.15) is 0 Å². The van der Waals surface area contributed by atoms with Gasteiger partial charge in [-0.05, 0) is 43.6 Å². The Morgan fingerprint density at radius 1 is 1.08 bits per heavy atom. The molecule has 0 aliphatic carbocycles. The number of pyridine rings is 1. The predicted molar refractivity (Wildman–Crippen MR) is 97.3 cm³/mol. The summed E-state index contributed by atoms with van der Waals surface area (Å²) in [5.41, 5.74) is 1.20. The minimum atomic E-state index is 0.134. The van der Waals surface area contributed by atoms with Gasteiger partial charge >= 0.3 is 0 Å². The molecular weight excluding hydrogens is 316 g/mol. The van der Waals surface area contributed by atoms with Gasteiger partial charge in [-0.25, -0.2) is 0 Å². The van der Waals surface area contributed by atoms with E-state index in [2.05, 4.69) is 20.1 Å². The van der Waals surface area contributed by atoms with Crippen molar-refractivity contribution >= 4 is 5.91 Å². The quantitative estimate of drug-likeness (QED) is 0.845. The molecule has 1 N–H and O–H groups in total. The Labute approximate surface area is 150 Å². The van der Waals surface area contributed by atoms with E-state index in [9.17, 15) is 4.79 Å². The molecule has 0 spiro atoms. The SMILES string of the molecule is O=C(CN1CCCCCC1)NC[C@@H](c1ccncc1)N1CCOCC1. The lowest BCUT2D eigenvalue weighted by atomic mass is 10.1. The largest absolute Gasteiger partial charge is 0.379 e. The van der Waals surface area contributed by atoms with Crippen molar-refractivity contribution < 1.29 is 9.53 Å². The van der Waals surface area contributed by atoms with Gasteiger partial charge in [-0.1, -0.05) is 12.8 Å². The molecule has 1 aromatic heterocycles. The molecule has 1 atom stereocenters. The van der Waals surface area contributed by atoms with E-state index in [1.165, 1.54) is 31.2 Å². The molecule has 2 saturated heterocycles. The Morgan fingerprint density at radius 3 is 2.44 bits per heavy atom. The van der Waals surface area contributed by atoms with Crippen molar-refractivity contribution in [1.29, 1.82) is 0 Å². The molecule has 0 bridgehead atoms. The number of morpholine rings is 1. The summed E-state index contributed by atoms with van der Waals surface area (Å²) in [6.45, 7) is 6.55. The number of nitrogens with one attached hydrogen (secondary N) is 1. The second-order valence-electron chi connectivity index (χ2n) is 6.94. The first kappa shape index (κ1) is 18.3. The van der Waals surface area contributed by atoms with Crippen molar-refractivity contribution in [3.8, 4) is 0 Å². The average molecular weight is 346 g/mol. The van der Waals surface area contributed by atoms with Crippen molar-refractivity contribution in [2.45, 2.75) is 31.7 Å². The monoisotopic (exact) mass is 346 g/mol. The van der Waals surface area contributed by atoms with Gasteiger partial charge in [0.25, 0.3) is 0 Å². The Bertz CT molecular complexity index is 511. The summed E-state index contributed by atoms with van der Waals surface area (Å²) in [6, 6.07) is 4.27. The Kier molecular flexibility index (Phi) is 7.21. The average Bonchev–Trinajstić information content (AvgIpc) is 2.92. The van der Waals surface area contributed by atoms with Crippen molar-refractivity contribution in [3.63, 3.8) is 0 Å². The number of carbonyl (C=O) groups is 1. The lowest BCUT2D eigenvalue weighted by Gasteiger charge is -2.35. The molecule has 2 aliphatic rings. The van der Waals surface area contributed by atoms with E-state index >= 15 is 0 Å². The van der Waals surface area contributed by atoms with E-state index in [1.807, 2.05) is 24.5 Å². The minimum absolute atomic E-state index is 0.134. The van der Waals surface area contributed by atoms with Crippen molar-refractivity contribution in [2.24, 2.45) is 0 Å². The fraction of sp³-hybridized carbons (Fsp3) is 0.684. The zero-order valence-corrected chi connectivity index (χ0v) is 15.0. The predicted octanol–water partition coefficient (Wildman–Crippen LogP) is 1.45. The third kappa shape index (κ3) is 5.76. The fourth-order valence-electron chi connectivity index (χ4n) is 3.70. The van der Waals surface area contributed by atoms with E-state index in [0.29, 0.717) is 13.1 Å². The standard InChI is InChI=1S/C19H30N4O2/c24-19(16-22-9-3-1-2-4-10-22)21-15-18(17-5-7-20-8-6-17)23-11-13-25-14-12-23/h5-8,18H,1-4,9-16H2,(H,21,24)/t18-/m0/s1. The van der Waals surface area contributed by atoms with Crippen molar-refractivity contribution in [2.75, 3.05) is 52.5 Å². The summed E-state index contributed by atoms with van der Waals surface area (Å²) < 4.78 is 5.48. The van der Waals surface area contributed by atoms with Gasteiger partial charge < -0.3 is 10.1 Å². The summed E-state index contributed by atoms with van der Waals surface area (Å²) >= 11 is 0. The fourth-order valence-corrected chi connectivity index (χ4v) is 3.70. The van der Waals surface area contributed by atoms with Crippen LogP contribution in [0.1, 0.15) is 37.3 Å². The van der Waals surface area contributed by atoms with Crippen LogP contribution in [0.4, 0.5) is 0 Å². The van der Waals surface area contributed by atoms with Crippen LogP contribution in [0, 0.1) is 0 Å². The molecule has 1 amide bonds. The molecule has 3 heterocycles. The molecule has 0 radical (unpaired) electrons. The van der Waals surface area contributed by atoms with Crippen LogP contribution in [0.2, 0.25) is 0 Å². The van der Waals surface area contributed by atoms with E-state index in [0.717, 1.165) is 39.4 Å². The number of hydrogen-bond acceptors (Lipinski definition) is 5. The lowest BCUT2D eigenvalue weighted by molar-refractivity contribution is -0.122. The first-order chi connectivity index (χ1) is 12.3. The summed E-state index contributed by atoms with van der Waals surface area (Å²) in [4.78, 5) is 21.2. The van der Waals surface area contributed by atoms with Gasteiger partial charge in [0.05, 0.1) is 25.8 Å². The highest BCUT2D eigenvalue weighted by Crippen LogP contribution is 2.20. The molecule has 138 valence electrons. The third-order valence-electron chi connectivity index (χ3n) is 5.14. The highest BCUT2D eigenvalue weighted by molar-refractivity contribution is 5.78. The molecule has 6 nitrogen and oxygen atoms in total. The number of ether oxygens (including phenoxy) is 1. The Morgan fingerprint density at radius 2 is 1.76 bits per heavy atom. The molecule has 3 rings (SSSR count). The molecule has 1 aromatic rings. The number of aromatic nitrogens is 1. The smallest absolute Gasteiger partial charge is 0.234 e. The second-order valence-corrected chi connectivity index (χ2v) is 6.94. The molecule has 2 aliphatic heterocycles. The Balaban J connectivity index is 1.55. The van der Waals surface area contributed by atoms with Crippen LogP contribution in [0.5, 0.6) is 0 Å². The molecule has 0 saturated carbocycles. The molecule has 6 heteroatoms. The number of likely N-dealkylation sites (tertiary alicyclic amines) is 1. The molecular formula is C19H30N4O2. The molecule has 0 unspecified atom stereocenters. The van der Waals surface area contributed by atoms with Crippen molar-refractivity contribution in [3.05, 3.63) is 30.1 Å².